The molecular formula is C19H15N3O2S. The number of thiazole rings is 1. The second-order valence-electron chi connectivity index (χ2n) is 5.21. The van der Waals surface area contributed by atoms with Crippen molar-refractivity contribution in [2.75, 3.05) is 6.61 Å². The summed E-state index contributed by atoms with van der Waals surface area (Å²) in [7, 11) is 0. The van der Waals surface area contributed by atoms with E-state index in [0.29, 0.717) is 11.3 Å². The van der Waals surface area contributed by atoms with Crippen LogP contribution in [0.2, 0.25) is 0 Å². The number of hydrogen-bond acceptors (Lipinski definition) is 5. The van der Waals surface area contributed by atoms with Crippen LogP contribution in [0, 0.1) is 11.3 Å². The Bertz CT molecular complexity index is 856. The first kappa shape index (κ1) is 16.7. The Morgan fingerprint density at radius 3 is 2.60 bits per heavy atom. The number of benzene rings is 2. The van der Waals surface area contributed by atoms with E-state index in [-0.39, 0.29) is 18.6 Å². The molecule has 0 aliphatic heterocycles. The van der Waals surface area contributed by atoms with Gasteiger partial charge in [-0.15, -0.1) is 11.3 Å². The predicted molar refractivity (Wildman–Crippen MR) is 95.2 cm³/mol. The molecule has 6 heteroatoms. The minimum Gasteiger partial charge on any atom is -0.484 e. The molecule has 1 aromatic heterocycles. The maximum absolute atomic E-state index is 12.3. The van der Waals surface area contributed by atoms with Gasteiger partial charge in [0.1, 0.15) is 16.8 Å². The number of nitrogens with one attached hydrogen (secondary N) is 1. The fourth-order valence-corrected chi connectivity index (χ4v) is 3.00. The third-order valence-corrected chi connectivity index (χ3v) is 4.33. The quantitative estimate of drug-likeness (QED) is 0.741. The molecule has 0 aliphatic carbocycles. The Kier molecular flexibility index (Phi) is 5.39. The standard InChI is InChI=1S/C19H15N3O2S/c20-12-14-6-8-16(9-7-14)24-13-17(23)22-18(19-21-10-11-25-19)15-4-2-1-3-5-15/h1-11,18H,13H2,(H,22,23). The van der Waals surface area contributed by atoms with E-state index in [4.69, 9.17) is 10.00 Å². The number of carbonyl (C=O) groups is 1. The molecule has 1 atom stereocenters. The van der Waals surface area contributed by atoms with Crippen LogP contribution in [0.4, 0.5) is 0 Å². The average molecular weight is 349 g/mol. The van der Waals surface area contributed by atoms with E-state index in [2.05, 4.69) is 10.3 Å². The Hall–Kier alpha value is -3.17. The normalized spacial score (nSPS) is 11.3. The number of nitrogens with zero attached hydrogens (tertiary/aromatic N) is 2. The summed E-state index contributed by atoms with van der Waals surface area (Å²) >= 11 is 1.49. The molecule has 3 rings (SSSR count). The molecule has 0 saturated carbocycles. The number of hydrogen-bond donors (Lipinski definition) is 1. The minimum atomic E-state index is -0.307. The molecule has 0 spiro atoms. The van der Waals surface area contributed by atoms with Gasteiger partial charge in [0.05, 0.1) is 11.6 Å². The molecule has 5 nitrogen and oxygen atoms in total. The molecule has 0 bridgehead atoms. The van der Waals surface area contributed by atoms with Gasteiger partial charge in [-0.1, -0.05) is 30.3 Å². The van der Waals surface area contributed by atoms with Crippen molar-refractivity contribution in [3.8, 4) is 11.8 Å². The molecule has 0 aliphatic rings. The summed E-state index contributed by atoms with van der Waals surface area (Å²) in [5.41, 5.74) is 1.51. The van der Waals surface area contributed by atoms with Crippen LogP contribution in [-0.2, 0) is 4.79 Å². The van der Waals surface area contributed by atoms with E-state index < -0.39 is 0 Å². The van der Waals surface area contributed by atoms with Crippen molar-refractivity contribution in [3.63, 3.8) is 0 Å². The molecule has 3 aromatic rings. The second-order valence-corrected chi connectivity index (χ2v) is 6.13. The monoisotopic (exact) mass is 349 g/mol. The summed E-state index contributed by atoms with van der Waals surface area (Å²) in [6.45, 7) is -0.111. The van der Waals surface area contributed by atoms with E-state index >= 15 is 0 Å². The van der Waals surface area contributed by atoms with E-state index in [1.54, 1.807) is 30.5 Å². The Labute approximate surface area is 149 Å². The smallest absolute Gasteiger partial charge is 0.258 e. The number of nitriles is 1. The Morgan fingerprint density at radius 2 is 1.96 bits per heavy atom. The third kappa shape index (κ3) is 4.43. The number of aromatic nitrogens is 1. The van der Waals surface area contributed by atoms with Gasteiger partial charge in [-0.2, -0.15) is 5.26 Å². The summed E-state index contributed by atoms with van der Waals surface area (Å²) in [6.07, 6.45) is 1.72. The van der Waals surface area contributed by atoms with Gasteiger partial charge in [0, 0.05) is 11.6 Å². The van der Waals surface area contributed by atoms with Crippen molar-refractivity contribution in [2.24, 2.45) is 0 Å². The van der Waals surface area contributed by atoms with Gasteiger partial charge in [0.2, 0.25) is 0 Å². The molecule has 2 aromatic carbocycles. The number of amides is 1. The van der Waals surface area contributed by atoms with Gasteiger partial charge >= 0.3 is 0 Å². The van der Waals surface area contributed by atoms with Crippen LogP contribution in [-0.4, -0.2) is 17.5 Å². The summed E-state index contributed by atoms with van der Waals surface area (Å²) in [5, 5.41) is 14.4. The first-order valence-corrected chi connectivity index (χ1v) is 8.51. The lowest BCUT2D eigenvalue weighted by atomic mass is 10.1. The zero-order valence-corrected chi connectivity index (χ0v) is 14.1. The number of carbonyl (C=O) groups excluding carboxylic acids is 1. The zero-order valence-electron chi connectivity index (χ0n) is 13.3. The van der Waals surface area contributed by atoms with E-state index in [1.165, 1.54) is 11.3 Å². The third-order valence-electron chi connectivity index (χ3n) is 3.49. The van der Waals surface area contributed by atoms with Crippen LogP contribution >= 0.6 is 11.3 Å². The fraction of sp³-hybridized carbons (Fsp3) is 0.105. The van der Waals surface area contributed by atoms with Crippen molar-refractivity contribution in [1.29, 1.82) is 5.26 Å². The fourth-order valence-electron chi connectivity index (χ4n) is 2.29. The van der Waals surface area contributed by atoms with Crippen molar-refractivity contribution in [2.45, 2.75) is 6.04 Å². The lowest BCUT2D eigenvalue weighted by Crippen LogP contribution is -2.33. The van der Waals surface area contributed by atoms with Crippen LogP contribution < -0.4 is 10.1 Å². The topological polar surface area (TPSA) is 75.0 Å². The van der Waals surface area contributed by atoms with Crippen LogP contribution in [0.3, 0.4) is 0 Å². The largest absolute Gasteiger partial charge is 0.484 e. The van der Waals surface area contributed by atoms with Gasteiger partial charge in [0.25, 0.3) is 5.91 Å². The molecule has 124 valence electrons. The maximum Gasteiger partial charge on any atom is 0.258 e. The minimum absolute atomic E-state index is 0.111. The van der Waals surface area contributed by atoms with E-state index in [9.17, 15) is 4.79 Å². The highest BCUT2D eigenvalue weighted by Crippen LogP contribution is 2.23. The zero-order chi connectivity index (χ0) is 17.5. The Balaban J connectivity index is 1.65. The van der Waals surface area contributed by atoms with Crippen LogP contribution in [0.1, 0.15) is 22.2 Å². The first-order chi connectivity index (χ1) is 12.3. The molecule has 1 unspecified atom stereocenters. The molecule has 0 radical (unpaired) electrons. The molecule has 0 saturated heterocycles. The van der Waals surface area contributed by atoms with Gasteiger partial charge < -0.3 is 10.1 Å². The van der Waals surface area contributed by atoms with Crippen molar-refractivity contribution >= 4 is 17.2 Å². The first-order valence-electron chi connectivity index (χ1n) is 7.63. The molecule has 1 N–H and O–H groups in total. The van der Waals surface area contributed by atoms with Gasteiger partial charge in [-0.05, 0) is 29.8 Å². The molecule has 25 heavy (non-hydrogen) atoms. The van der Waals surface area contributed by atoms with Crippen molar-refractivity contribution < 1.29 is 9.53 Å². The summed E-state index contributed by atoms with van der Waals surface area (Å²) < 4.78 is 5.48. The highest BCUT2D eigenvalue weighted by Gasteiger charge is 2.19. The molecule has 1 heterocycles. The summed E-state index contributed by atoms with van der Waals surface area (Å²) in [5.74, 6) is 0.299. The summed E-state index contributed by atoms with van der Waals surface area (Å²) in [4.78, 5) is 16.6. The van der Waals surface area contributed by atoms with E-state index in [1.807, 2.05) is 41.8 Å². The SMILES string of the molecule is N#Cc1ccc(OCC(=O)NC(c2ccccc2)c2nccs2)cc1. The van der Waals surface area contributed by atoms with Gasteiger partial charge in [-0.25, -0.2) is 4.98 Å². The lowest BCUT2D eigenvalue weighted by Gasteiger charge is -2.17. The molecule has 0 fully saturated rings. The van der Waals surface area contributed by atoms with Crippen LogP contribution in [0.25, 0.3) is 0 Å². The van der Waals surface area contributed by atoms with Crippen LogP contribution in [0.5, 0.6) is 5.75 Å². The van der Waals surface area contributed by atoms with Crippen molar-refractivity contribution in [1.82, 2.24) is 10.3 Å². The Morgan fingerprint density at radius 1 is 1.20 bits per heavy atom. The van der Waals surface area contributed by atoms with Gasteiger partial charge in [0.15, 0.2) is 6.61 Å². The average Bonchev–Trinajstić information content (AvgIpc) is 3.20. The highest BCUT2D eigenvalue weighted by molar-refractivity contribution is 7.09. The highest BCUT2D eigenvalue weighted by atomic mass is 32.1. The van der Waals surface area contributed by atoms with E-state index in [0.717, 1.165) is 10.6 Å². The van der Waals surface area contributed by atoms with Gasteiger partial charge in [-0.3, -0.25) is 4.79 Å². The predicted octanol–water partition coefficient (Wildman–Crippen LogP) is 3.30. The molecule has 1 amide bonds. The van der Waals surface area contributed by atoms with Crippen LogP contribution in [0.15, 0.2) is 66.2 Å². The van der Waals surface area contributed by atoms with Crippen molar-refractivity contribution in [3.05, 3.63) is 82.3 Å². The number of ether oxygens (including phenoxy) is 1. The summed E-state index contributed by atoms with van der Waals surface area (Å²) in [6, 6.07) is 18.0. The second kappa shape index (κ2) is 8.08. The number of rotatable bonds is 6. The lowest BCUT2D eigenvalue weighted by molar-refractivity contribution is -0.123. The maximum atomic E-state index is 12.3. The molecular weight excluding hydrogens is 334 g/mol.